The van der Waals surface area contributed by atoms with E-state index in [4.69, 9.17) is 21.1 Å². The summed E-state index contributed by atoms with van der Waals surface area (Å²) < 4.78 is 12.6. The van der Waals surface area contributed by atoms with Gasteiger partial charge in [-0.1, -0.05) is 30.7 Å². The van der Waals surface area contributed by atoms with Crippen molar-refractivity contribution >= 4 is 23.4 Å². The van der Waals surface area contributed by atoms with Gasteiger partial charge in [0.15, 0.2) is 5.78 Å². The lowest BCUT2D eigenvalue weighted by atomic mass is 9.76. The lowest BCUT2D eigenvalue weighted by Crippen LogP contribution is -2.36. The van der Waals surface area contributed by atoms with Crippen LogP contribution in [0.5, 0.6) is 5.75 Å². The molecule has 0 radical (unpaired) electrons. The van der Waals surface area contributed by atoms with Crippen LogP contribution in [-0.2, 0) is 16.0 Å². The molecule has 1 atom stereocenters. The highest BCUT2D eigenvalue weighted by Crippen LogP contribution is 2.39. The summed E-state index contributed by atoms with van der Waals surface area (Å²) in [6.07, 6.45) is 3.48. The molecule has 2 aromatic carbocycles. The Balaban J connectivity index is 1.77. The molecule has 1 fully saturated rings. The third-order valence-electron chi connectivity index (χ3n) is 7.33. The van der Waals surface area contributed by atoms with E-state index in [1.165, 1.54) is 36.1 Å². The molecule has 2 heterocycles. The molecule has 39 heavy (non-hydrogen) atoms. The Morgan fingerprint density at radius 1 is 1.15 bits per heavy atom. The predicted octanol–water partition coefficient (Wildman–Crippen LogP) is 5.31. The molecule has 1 N–H and O–H groups in total. The van der Waals surface area contributed by atoms with Gasteiger partial charge in [-0.3, -0.25) is 9.59 Å². The minimum atomic E-state index is -1.05. The Hall–Kier alpha value is -3.93. The molecule has 0 amide bonds. The lowest BCUT2D eigenvalue weighted by Gasteiger charge is -2.36. The number of Topliss-reactive ketones (excluding diaryl/α,β-unsaturated/α-hetero) is 1. The Kier molecular flexibility index (Phi) is 8.54. The minimum absolute atomic E-state index is 0.0283. The van der Waals surface area contributed by atoms with E-state index in [1.54, 1.807) is 30.3 Å². The van der Waals surface area contributed by atoms with Gasteiger partial charge in [0.05, 0.1) is 36.5 Å². The van der Waals surface area contributed by atoms with Crippen molar-refractivity contribution in [3.63, 3.8) is 0 Å². The summed E-state index contributed by atoms with van der Waals surface area (Å²) in [5, 5.41) is 19.2. The van der Waals surface area contributed by atoms with E-state index in [0.717, 1.165) is 12.8 Å². The average molecular weight is 549 g/mol. The molecule has 1 aromatic heterocycles. The number of ketones is 1. The van der Waals surface area contributed by atoms with Crippen molar-refractivity contribution < 1.29 is 24.2 Å². The molecule has 1 aliphatic rings. The van der Waals surface area contributed by atoms with E-state index in [1.807, 2.05) is 0 Å². The number of aromatic carboxylic acids is 1. The fraction of sp³-hybridized carbons (Fsp3) is 0.333. The Morgan fingerprint density at radius 2 is 1.85 bits per heavy atom. The number of hydrogen-bond acceptors (Lipinski definition) is 6. The number of rotatable bonds is 9. The SMILES string of the molecule is COc1cn(C(CC2(C)CCOCC2)C(=O)Cc2ccc(C(=O)O)cc2)c(=O)cc1-c1cc(Cl)ccc1C#N. The molecule has 1 unspecified atom stereocenters. The Morgan fingerprint density at radius 3 is 2.46 bits per heavy atom. The third-order valence-corrected chi connectivity index (χ3v) is 7.56. The van der Waals surface area contributed by atoms with Crippen LogP contribution >= 0.6 is 11.6 Å². The molecular weight excluding hydrogens is 520 g/mol. The highest BCUT2D eigenvalue weighted by atomic mass is 35.5. The highest BCUT2D eigenvalue weighted by Gasteiger charge is 2.35. The fourth-order valence-corrected chi connectivity index (χ4v) is 5.14. The molecular formula is C30H29ClN2O6. The van der Waals surface area contributed by atoms with Crippen molar-refractivity contribution in [2.75, 3.05) is 20.3 Å². The van der Waals surface area contributed by atoms with Gasteiger partial charge in [0.25, 0.3) is 5.56 Å². The molecule has 0 aliphatic carbocycles. The number of nitrogens with zero attached hydrogens (tertiary/aromatic N) is 2. The standard InChI is InChI=1S/C30H29ClN2O6/c1-30(9-11-39-12-10-30)16-25(26(34)13-19-3-5-20(6-4-19)29(36)37)33-18-27(38-2)24(15-28(33)35)23-14-22(31)8-7-21(23)17-32/h3-8,14-15,18,25H,9-13,16H2,1-2H3,(H,36,37). The number of carbonyl (C=O) groups excluding carboxylic acids is 1. The number of methoxy groups -OCH3 is 1. The number of nitriles is 1. The van der Waals surface area contributed by atoms with Crippen molar-refractivity contribution in [1.82, 2.24) is 4.57 Å². The molecule has 9 heteroatoms. The van der Waals surface area contributed by atoms with E-state index in [0.29, 0.717) is 52.7 Å². The van der Waals surface area contributed by atoms with Crippen molar-refractivity contribution in [2.45, 2.75) is 38.6 Å². The van der Waals surface area contributed by atoms with Crippen LogP contribution in [0.25, 0.3) is 11.1 Å². The second-order valence-electron chi connectivity index (χ2n) is 10.1. The van der Waals surface area contributed by atoms with E-state index in [9.17, 15) is 24.8 Å². The van der Waals surface area contributed by atoms with Crippen LogP contribution in [0.3, 0.4) is 0 Å². The summed E-state index contributed by atoms with van der Waals surface area (Å²) in [4.78, 5) is 38.6. The molecule has 1 saturated heterocycles. The monoisotopic (exact) mass is 548 g/mol. The fourth-order valence-electron chi connectivity index (χ4n) is 4.97. The van der Waals surface area contributed by atoms with E-state index in [2.05, 4.69) is 13.0 Å². The molecule has 3 aromatic rings. The highest BCUT2D eigenvalue weighted by molar-refractivity contribution is 6.31. The number of hydrogen-bond donors (Lipinski definition) is 1. The van der Waals surface area contributed by atoms with Crippen molar-refractivity contribution in [2.24, 2.45) is 5.41 Å². The maximum absolute atomic E-state index is 13.8. The minimum Gasteiger partial charge on any atom is -0.495 e. The number of ether oxygens (including phenoxy) is 2. The van der Waals surface area contributed by atoms with Gasteiger partial charge in [-0.05, 0) is 60.6 Å². The molecule has 202 valence electrons. The largest absolute Gasteiger partial charge is 0.495 e. The second kappa shape index (κ2) is 11.9. The first kappa shape index (κ1) is 28.1. The van der Waals surface area contributed by atoms with E-state index >= 15 is 0 Å². The van der Waals surface area contributed by atoms with Gasteiger partial charge >= 0.3 is 5.97 Å². The van der Waals surface area contributed by atoms with Gasteiger partial charge < -0.3 is 19.1 Å². The van der Waals surface area contributed by atoms with Crippen molar-refractivity contribution in [3.05, 3.63) is 86.8 Å². The number of carboxylic acid groups (broad SMARTS) is 1. The normalized spacial score (nSPS) is 15.2. The quantitative estimate of drug-likeness (QED) is 0.385. The zero-order chi connectivity index (χ0) is 28.2. The van der Waals surface area contributed by atoms with Crippen LogP contribution < -0.4 is 10.3 Å². The smallest absolute Gasteiger partial charge is 0.335 e. The molecule has 0 saturated carbocycles. The van der Waals surface area contributed by atoms with Gasteiger partial charge in [0.1, 0.15) is 5.75 Å². The van der Waals surface area contributed by atoms with Crippen LogP contribution in [0.4, 0.5) is 0 Å². The van der Waals surface area contributed by atoms with Gasteiger partial charge in [-0.25, -0.2) is 4.79 Å². The summed E-state index contributed by atoms with van der Waals surface area (Å²) >= 11 is 6.19. The van der Waals surface area contributed by atoms with Crippen LogP contribution in [0.15, 0.2) is 59.5 Å². The number of benzene rings is 2. The number of aromatic nitrogens is 1. The zero-order valence-corrected chi connectivity index (χ0v) is 22.5. The van der Waals surface area contributed by atoms with Crippen LogP contribution in [0, 0.1) is 16.7 Å². The number of pyridine rings is 1. The number of carboxylic acids is 1. The summed E-state index contributed by atoms with van der Waals surface area (Å²) in [7, 11) is 1.46. The first-order valence-electron chi connectivity index (χ1n) is 12.6. The summed E-state index contributed by atoms with van der Waals surface area (Å²) in [5.41, 5.74) is 1.35. The third kappa shape index (κ3) is 6.39. The maximum Gasteiger partial charge on any atom is 0.335 e. The summed E-state index contributed by atoms with van der Waals surface area (Å²) in [6.45, 7) is 3.26. The topological polar surface area (TPSA) is 119 Å². The van der Waals surface area contributed by atoms with Crippen LogP contribution in [0.2, 0.25) is 5.02 Å². The summed E-state index contributed by atoms with van der Waals surface area (Å²) in [6, 6.07) is 13.6. The van der Waals surface area contributed by atoms with Gasteiger partial charge in [-0.2, -0.15) is 5.26 Å². The van der Waals surface area contributed by atoms with Crippen LogP contribution in [-0.4, -0.2) is 41.7 Å². The molecule has 1 aliphatic heterocycles. The second-order valence-corrected chi connectivity index (χ2v) is 10.5. The van der Waals surface area contributed by atoms with Crippen LogP contribution in [0.1, 0.15) is 53.7 Å². The van der Waals surface area contributed by atoms with Gasteiger partial charge in [-0.15, -0.1) is 0 Å². The Bertz CT molecular complexity index is 1480. The number of carbonyl (C=O) groups is 2. The molecule has 0 spiro atoms. The maximum atomic E-state index is 13.8. The van der Waals surface area contributed by atoms with E-state index in [-0.39, 0.29) is 23.2 Å². The zero-order valence-electron chi connectivity index (χ0n) is 21.8. The predicted molar refractivity (Wildman–Crippen MR) is 146 cm³/mol. The Labute approximate surface area is 231 Å². The van der Waals surface area contributed by atoms with E-state index < -0.39 is 17.6 Å². The molecule has 4 rings (SSSR count). The first-order chi connectivity index (χ1) is 18.6. The van der Waals surface area contributed by atoms with Crippen molar-refractivity contribution in [3.8, 4) is 22.9 Å². The molecule has 0 bridgehead atoms. The van der Waals surface area contributed by atoms with Gasteiger partial charge in [0.2, 0.25) is 0 Å². The molecule has 8 nitrogen and oxygen atoms in total. The van der Waals surface area contributed by atoms with Gasteiger partial charge in [0, 0.05) is 41.9 Å². The van der Waals surface area contributed by atoms with Crippen molar-refractivity contribution in [1.29, 1.82) is 5.26 Å². The lowest BCUT2D eigenvalue weighted by molar-refractivity contribution is -0.123. The number of halogens is 1. The average Bonchev–Trinajstić information content (AvgIpc) is 2.92. The summed E-state index contributed by atoms with van der Waals surface area (Å²) in [5.74, 6) is -0.895. The first-order valence-corrected chi connectivity index (χ1v) is 12.9.